The van der Waals surface area contributed by atoms with Crippen LogP contribution in [0, 0.1) is 5.41 Å². The average molecular weight is 631 g/mol. The molecule has 232 valence electrons. The zero-order valence-corrected chi connectivity index (χ0v) is 24.9. The van der Waals surface area contributed by atoms with Gasteiger partial charge in [0.1, 0.15) is 16.4 Å². The fraction of sp³-hybridized carbons (Fsp3) is 0.333. The van der Waals surface area contributed by atoms with Crippen LogP contribution in [0.2, 0.25) is 0 Å². The number of fused-ring (bicyclic) bond motifs is 2. The molecule has 0 aromatic carbocycles. The molecule has 1 atom stereocenters. The number of rotatable bonds is 9. The molecule has 9 nitrogen and oxygen atoms in total. The maximum absolute atomic E-state index is 14.3. The Morgan fingerprint density at radius 2 is 1.98 bits per heavy atom. The highest BCUT2D eigenvalue weighted by atomic mass is 32.2. The molecule has 0 N–H and O–H groups in total. The number of hydrogen-bond acceptors (Lipinski definition) is 6. The first kappa shape index (κ1) is 31.3. The van der Waals surface area contributed by atoms with Gasteiger partial charge in [0.05, 0.1) is 34.8 Å². The van der Waals surface area contributed by atoms with Gasteiger partial charge in [-0.1, -0.05) is 25.2 Å². The van der Waals surface area contributed by atoms with Gasteiger partial charge in [0.25, 0.3) is 0 Å². The zero-order valence-electron chi connectivity index (χ0n) is 24.1. The van der Waals surface area contributed by atoms with Crippen LogP contribution in [0.5, 0.6) is 0 Å². The lowest BCUT2D eigenvalue weighted by Gasteiger charge is -2.44. The first-order chi connectivity index (χ1) is 20.8. The molecular formula is C30H30F4N6O3S. The summed E-state index contributed by atoms with van der Waals surface area (Å²) in [4.78, 5) is 18.3. The number of alkyl halides is 3. The fourth-order valence-corrected chi connectivity index (χ4v) is 7.10. The molecule has 0 saturated carbocycles. The Labute approximate surface area is 251 Å². The van der Waals surface area contributed by atoms with E-state index in [1.54, 1.807) is 23.8 Å². The molecule has 4 heterocycles. The van der Waals surface area contributed by atoms with E-state index in [4.69, 9.17) is 0 Å². The van der Waals surface area contributed by atoms with Crippen molar-refractivity contribution in [2.45, 2.75) is 50.7 Å². The van der Waals surface area contributed by atoms with Crippen molar-refractivity contribution in [1.29, 1.82) is 0 Å². The van der Waals surface area contributed by atoms with Crippen molar-refractivity contribution in [3.63, 3.8) is 0 Å². The van der Waals surface area contributed by atoms with E-state index in [9.17, 15) is 30.8 Å². The van der Waals surface area contributed by atoms with Crippen LogP contribution in [0.25, 0.3) is 11.8 Å². The summed E-state index contributed by atoms with van der Waals surface area (Å²) >= 11 is 0. The van der Waals surface area contributed by atoms with E-state index in [0.717, 1.165) is 18.7 Å². The lowest BCUT2D eigenvalue weighted by molar-refractivity contribution is -0.137. The predicted molar refractivity (Wildman–Crippen MR) is 155 cm³/mol. The Kier molecular flexibility index (Phi) is 8.33. The number of nitrogens with zero attached hydrogens (tertiary/aromatic N) is 6. The number of aryl methyl sites for hydroxylation is 1. The molecule has 14 heteroatoms. The van der Waals surface area contributed by atoms with Gasteiger partial charge in [0.2, 0.25) is 10.0 Å². The summed E-state index contributed by atoms with van der Waals surface area (Å²) < 4.78 is 86.0. The molecule has 3 aromatic rings. The molecule has 0 radical (unpaired) electrons. The number of aromatic nitrogens is 5. The first-order valence-electron chi connectivity index (χ1n) is 13.9. The monoisotopic (exact) mass is 630 g/mol. The molecule has 5 rings (SSSR count). The molecule has 0 unspecified atom stereocenters. The number of hydrogen-bond donors (Lipinski definition) is 0. The number of allylic oxidation sites excluding steroid dienone is 5. The fourth-order valence-electron chi connectivity index (χ4n) is 5.65. The molecule has 3 aromatic heterocycles. The molecule has 44 heavy (non-hydrogen) atoms. The molecule has 1 saturated heterocycles. The Balaban J connectivity index is 1.61. The number of pyridine rings is 1. The third kappa shape index (κ3) is 5.71. The number of ketones is 1. The van der Waals surface area contributed by atoms with E-state index in [1.165, 1.54) is 39.7 Å². The largest absolute Gasteiger partial charge is 0.416 e. The minimum absolute atomic E-state index is 0.0275. The zero-order chi connectivity index (χ0) is 31.9. The lowest BCUT2D eigenvalue weighted by Crippen LogP contribution is -2.53. The Bertz CT molecular complexity index is 1820. The summed E-state index contributed by atoms with van der Waals surface area (Å²) in [5, 5.41) is 8.56. The van der Waals surface area contributed by atoms with E-state index in [-0.39, 0.29) is 30.8 Å². The van der Waals surface area contributed by atoms with E-state index >= 15 is 0 Å². The van der Waals surface area contributed by atoms with Crippen molar-refractivity contribution in [3.8, 4) is 0 Å². The second kappa shape index (κ2) is 11.7. The van der Waals surface area contributed by atoms with E-state index < -0.39 is 44.5 Å². The second-order valence-corrected chi connectivity index (χ2v) is 12.6. The number of piperidine rings is 1. The van der Waals surface area contributed by atoms with Crippen LogP contribution in [0.15, 0.2) is 78.0 Å². The van der Waals surface area contributed by atoms with Crippen LogP contribution < -0.4 is 0 Å². The summed E-state index contributed by atoms with van der Waals surface area (Å²) in [6, 6.07) is 1.47. The number of carbonyl (C=O) groups is 1. The number of Topliss-reactive ketones (excluding diaryl/α,β-unsaturated/α-hetero) is 1. The van der Waals surface area contributed by atoms with E-state index in [2.05, 4.69) is 21.8 Å². The van der Waals surface area contributed by atoms with Gasteiger partial charge in [0.15, 0.2) is 5.78 Å². The molecular weight excluding hydrogens is 600 g/mol. The van der Waals surface area contributed by atoms with E-state index in [1.807, 2.05) is 6.92 Å². The van der Waals surface area contributed by atoms with Gasteiger partial charge in [-0.3, -0.25) is 14.5 Å². The van der Waals surface area contributed by atoms with Crippen LogP contribution in [-0.4, -0.2) is 56.1 Å². The van der Waals surface area contributed by atoms with Crippen molar-refractivity contribution in [3.05, 3.63) is 95.6 Å². The number of carbonyl (C=O) groups excluding carboxylic acids is 1. The number of sulfonamides is 1. The smallest absolute Gasteiger partial charge is 0.291 e. The van der Waals surface area contributed by atoms with Gasteiger partial charge < -0.3 is 0 Å². The summed E-state index contributed by atoms with van der Waals surface area (Å²) in [6.45, 7) is 7.12. The van der Waals surface area contributed by atoms with Crippen molar-refractivity contribution in [1.82, 2.24) is 28.9 Å². The quantitative estimate of drug-likeness (QED) is 0.171. The topological polar surface area (TPSA) is 103 Å². The summed E-state index contributed by atoms with van der Waals surface area (Å²) in [5.74, 6) is -1.38. The first-order valence-corrected chi connectivity index (χ1v) is 15.3. The predicted octanol–water partition coefficient (Wildman–Crippen LogP) is 5.71. The minimum Gasteiger partial charge on any atom is -0.291 e. The third-order valence-corrected chi connectivity index (χ3v) is 9.61. The highest BCUT2D eigenvalue weighted by Crippen LogP contribution is 2.47. The number of halogens is 4. The van der Waals surface area contributed by atoms with Crippen molar-refractivity contribution >= 4 is 27.6 Å². The van der Waals surface area contributed by atoms with E-state index in [0.29, 0.717) is 35.1 Å². The van der Waals surface area contributed by atoms with Crippen LogP contribution in [0.3, 0.4) is 0 Å². The maximum Gasteiger partial charge on any atom is 0.416 e. The lowest BCUT2D eigenvalue weighted by atomic mass is 9.65. The highest BCUT2D eigenvalue weighted by molar-refractivity contribution is 7.89. The minimum atomic E-state index is -4.71. The normalized spacial score (nSPS) is 19.5. The molecule has 2 aliphatic rings. The SMILES string of the molecule is C=C(F)/C=C\C(=C/C)n1ncc2c1C=C1CCN(S(=O)(=O)c3cnn(CCC)c3)C[C@@]1(C(=O)c1cc(C(F)(F)F)ccn1)C2. The second-order valence-electron chi connectivity index (χ2n) is 10.7. The van der Waals surface area contributed by atoms with Gasteiger partial charge in [-0.25, -0.2) is 17.5 Å². The van der Waals surface area contributed by atoms with Gasteiger partial charge in [-0.2, -0.15) is 27.7 Å². The summed E-state index contributed by atoms with van der Waals surface area (Å²) in [6.07, 6.45) is 7.32. The van der Waals surface area contributed by atoms with Gasteiger partial charge in [-0.15, -0.1) is 0 Å². The van der Waals surface area contributed by atoms with Crippen molar-refractivity contribution in [2.75, 3.05) is 13.1 Å². The Morgan fingerprint density at radius 3 is 2.66 bits per heavy atom. The molecule has 1 aliphatic carbocycles. The molecule has 0 amide bonds. The molecule has 0 spiro atoms. The van der Waals surface area contributed by atoms with Crippen molar-refractivity contribution in [2.24, 2.45) is 5.41 Å². The summed E-state index contributed by atoms with van der Waals surface area (Å²) in [7, 11) is -4.11. The average Bonchev–Trinajstić information content (AvgIpc) is 3.63. The van der Waals surface area contributed by atoms with Crippen LogP contribution in [0.4, 0.5) is 17.6 Å². The van der Waals surface area contributed by atoms with Crippen LogP contribution in [0.1, 0.15) is 54.0 Å². The Hall–Kier alpha value is -4.17. The van der Waals surface area contributed by atoms with Crippen LogP contribution >= 0.6 is 0 Å². The van der Waals surface area contributed by atoms with Gasteiger partial charge in [-0.05, 0) is 62.1 Å². The molecule has 1 aliphatic heterocycles. The van der Waals surface area contributed by atoms with Crippen molar-refractivity contribution < 1.29 is 30.8 Å². The van der Waals surface area contributed by atoms with Gasteiger partial charge >= 0.3 is 6.18 Å². The summed E-state index contributed by atoms with van der Waals surface area (Å²) in [5.41, 5.74) is -0.791. The molecule has 0 bridgehead atoms. The maximum atomic E-state index is 14.3. The van der Waals surface area contributed by atoms with Crippen LogP contribution in [-0.2, 0) is 29.2 Å². The third-order valence-electron chi connectivity index (χ3n) is 7.81. The highest BCUT2D eigenvalue weighted by Gasteiger charge is 2.51. The Morgan fingerprint density at radius 1 is 1.20 bits per heavy atom. The van der Waals surface area contributed by atoms with Gasteiger partial charge in [0, 0.05) is 32.0 Å². The standard InChI is InChI=1S/C30H30F4N6O3S/c1-4-11-38-18-25(17-36-38)44(42,43)39-12-9-22-14-27-21(16-37-40(27)24(5-2)7-6-20(3)31)15-29(22,19-39)28(41)26-13-23(8-10-35-26)30(32,33)34/h5-8,10,13-14,16-18H,3-4,9,11-12,15,19H2,1-2H3/b7-6-,24-5+/t29-/m0/s1. The molecule has 1 fully saturated rings.